The van der Waals surface area contributed by atoms with Gasteiger partial charge in [-0.05, 0) is 49.7 Å². The van der Waals surface area contributed by atoms with E-state index in [2.05, 4.69) is 22.4 Å². The molecule has 1 heterocycles. The van der Waals surface area contributed by atoms with Crippen molar-refractivity contribution in [2.24, 2.45) is 0 Å². The van der Waals surface area contributed by atoms with Crippen LogP contribution in [-0.4, -0.2) is 16.7 Å². The van der Waals surface area contributed by atoms with Gasteiger partial charge in [0.2, 0.25) is 5.88 Å². The summed E-state index contributed by atoms with van der Waals surface area (Å²) in [5, 5.41) is 11.3. The first-order valence-corrected chi connectivity index (χ1v) is 6.66. The third kappa shape index (κ3) is 3.99. The zero-order valence-electron chi connectivity index (χ0n) is 11.7. The Kier molecular flexibility index (Phi) is 5.01. The molecular weight excluding hydrogens is 257 g/mol. The van der Waals surface area contributed by atoms with Crippen molar-refractivity contribution in [2.75, 3.05) is 6.54 Å². The van der Waals surface area contributed by atoms with Crippen LogP contribution in [-0.2, 0) is 6.54 Å². The molecule has 0 amide bonds. The van der Waals surface area contributed by atoms with Crippen LogP contribution in [0.5, 0.6) is 11.6 Å². The second kappa shape index (κ2) is 6.96. The quantitative estimate of drug-likeness (QED) is 0.822. The predicted molar refractivity (Wildman–Crippen MR) is 75.2 cm³/mol. The Balaban J connectivity index is 1.99. The molecule has 1 aromatic heterocycles. The van der Waals surface area contributed by atoms with Gasteiger partial charge in [-0.2, -0.15) is 5.10 Å². The van der Waals surface area contributed by atoms with Crippen molar-refractivity contribution < 1.29 is 9.13 Å². The average molecular weight is 275 g/mol. The van der Waals surface area contributed by atoms with Crippen molar-refractivity contribution in [2.45, 2.75) is 26.8 Å². The van der Waals surface area contributed by atoms with Gasteiger partial charge < -0.3 is 10.1 Å². The van der Waals surface area contributed by atoms with Crippen LogP contribution in [0.25, 0.3) is 0 Å². The molecular formula is C15H18FN3O. The Hall–Kier alpha value is -2.01. The highest BCUT2D eigenvalue weighted by Crippen LogP contribution is 2.23. The second-order valence-corrected chi connectivity index (χ2v) is 4.55. The van der Waals surface area contributed by atoms with Crippen molar-refractivity contribution in [1.82, 2.24) is 15.5 Å². The van der Waals surface area contributed by atoms with E-state index in [0.29, 0.717) is 18.2 Å². The highest BCUT2D eigenvalue weighted by molar-refractivity contribution is 5.35. The highest BCUT2D eigenvalue weighted by atomic mass is 19.1. The summed E-state index contributed by atoms with van der Waals surface area (Å²) in [5.74, 6) is 0.704. The second-order valence-electron chi connectivity index (χ2n) is 4.55. The average Bonchev–Trinajstić information content (AvgIpc) is 2.44. The lowest BCUT2D eigenvalue weighted by molar-refractivity contribution is 0.448. The molecule has 20 heavy (non-hydrogen) atoms. The summed E-state index contributed by atoms with van der Waals surface area (Å²) in [4.78, 5) is 0. The number of rotatable bonds is 6. The molecule has 4 nitrogen and oxygen atoms in total. The standard InChI is InChI=1S/C15H18FN3O/c1-3-8-17-10-13-5-7-15(19-18-13)20-14-6-4-12(16)9-11(14)2/h4-7,9,17H,3,8,10H2,1-2H3. The van der Waals surface area contributed by atoms with Gasteiger partial charge in [0.05, 0.1) is 5.69 Å². The van der Waals surface area contributed by atoms with Crippen LogP contribution in [0.2, 0.25) is 0 Å². The van der Waals surface area contributed by atoms with Crippen molar-refractivity contribution in [3.05, 3.63) is 47.4 Å². The summed E-state index contributed by atoms with van der Waals surface area (Å²) >= 11 is 0. The van der Waals surface area contributed by atoms with Crippen LogP contribution in [0.4, 0.5) is 4.39 Å². The first-order valence-electron chi connectivity index (χ1n) is 6.66. The number of halogens is 1. The maximum Gasteiger partial charge on any atom is 0.238 e. The van der Waals surface area contributed by atoms with Gasteiger partial charge in [-0.3, -0.25) is 0 Å². The third-order valence-corrected chi connectivity index (χ3v) is 2.78. The number of hydrogen-bond acceptors (Lipinski definition) is 4. The molecule has 0 aliphatic carbocycles. The van der Waals surface area contributed by atoms with Gasteiger partial charge in [0.25, 0.3) is 0 Å². The van der Waals surface area contributed by atoms with Gasteiger partial charge >= 0.3 is 0 Å². The van der Waals surface area contributed by atoms with Crippen LogP contribution >= 0.6 is 0 Å². The molecule has 0 saturated carbocycles. The number of aromatic nitrogens is 2. The van der Waals surface area contributed by atoms with Crippen molar-refractivity contribution in [1.29, 1.82) is 0 Å². The Morgan fingerprint density at radius 3 is 2.70 bits per heavy atom. The summed E-state index contributed by atoms with van der Waals surface area (Å²) in [7, 11) is 0. The summed E-state index contributed by atoms with van der Waals surface area (Å²) in [5.41, 5.74) is 1.59. The minimum atomic E-state index is -0.279. The van der Waals surface area contributed by atoms with E-state index < -0.39 is 0 Å². The van der Waals surface area contributed by atoms with Crippen LogP contribution < -0.4 is 10.1 Å². The van der Waals surface area contributed by atoms with E-state index in [9.17, 15) is 4.39 Å². The molecule has 0 unspecified atom stereocenters. The third-order valence-electron chi connectivity index (χ3n) is 2.78. The van der Waals surface area contributed by atoms with Crippen molar-refractivity contribution >= 4 is 0 Å². The van der Waals surface area contributed by atoms with Gasteiger partial charge in [-0.1, -0.05) is 6.92 Å². The normalized spacial score (nSPS) is 10.6. The molecule has 1 N–H and O–H groups in total. The van der Waals surface area contributed by atoms with Gasteiger partial charge in [0.15, 0.2) is 0 Å². The van der Waals surface area contributed by atoms with E-state index >= 15 is 0 Å². The van der Waals surface area contributed by atoms with Gasteiger partial charge in [0, 0.05) is 12.6 Å². The maximum atomic E-state index is 13.0. The summed E-state index contributed by atoms with van der Waals surface area (Å²) in [6.07, 6.45) is 1.08. The zero-order chi connectivity index (χ0) is 14.4. The molecule has 0 atom stereocenters. The molecule has 0 spiro atoms. The van der Waals surface area contributed by atoms with Crippen LogP contribution in [0.1, 0.15) is 24.6 Å². The Morgan fingerprint density at radius 1 is 1.20 bits per heavy atom. The van der Waals surface area contributed by atoms with Gasteiger partial charge in [0.1, 0.15) is 11.6 Å². The number of nitrogens with one attached hydrogen (secondary N) is 1. The summed E-state index contributed by atoms with van der Waals surface area (Å²) in [6, 6.07) is 8.00. The summed E-state index contributed by atoms with van der Waals surface area (Å²) < 4.78 is 18.6. The molecule has 0 saturated heterocycles. The van der Waals surface area contributed by atoms with Crippen LogP contribution in [0, 0.1) is 12.7 Å². The van der Waals surface area contributed by atoms with E-state index in [1.54, 1.807) is 19.1 Å². The molecule has 0 radical (unpaired) electrons. The molecule has 1 aromatic carbocycles. The first kappa shape index (κ1) is 14.4. The molecule has 0 bridgehead atoms. The van der Waals surface area contributed by atoms with Gasteiger partial charge in [-0.15, -0.1) is 5.10 Å². The lowest BCUT2D eigenvalue weighted by atomic mass is 10.2. The molecule has 5 heteroatoms. The van der Waals surface area contributed by atoms with Crippen LogP contribution in [0.15, 0.2) is 30.3 Å². The van der Waals surface area contributed by atoms with E-state index in [-0.39, 0.29) is 5.82 Å². The zero-order valence-corrected chi connectivity index (χ0v) is 11.7. The van der Waals surface area contributed by atoms with E-state index in [1.807, 2.05) is 6.07 Å². The number of ether oxygens (including phenoxy) is 1. The lowest BCUT2D eigenvalue weighted by Gasteiger charge is -2.08. The minimum absolute atomic E-state index is 0.279. The fraction of sp³-hybridized carbons (Fsp3) is 0.333. The molecule has 2 aromatic rings. The number of benzene rings is 1. The van der Waals surface area contributed by atoms with E-state index in [0.717, 1.165) is 24.2 Å². The SMILES string of the molecule is CCCNCc1ccc(Oc2ccc(F)cc2C)nn1. The van der Waals surface area contributed by atoms with Crippen LogP contribution in [0.3, 0.4) is 0 Å². The topological polar surface area (TPSA) is 47.0 Å². The fourth-order valence-corrected chi connectivity index (χ4v) is 1.73. The maximum absolute atomic E-state index is 13.0. The molecule has 0 aliphatic heterocycles. The molecule has 2 rings (SSSR count). The fourth-order valence-electron chi connectivity index (χ4n) is 1.73. The summed E-state index contributed by atoms with van der Waals surface area (Å²) in [6.45, 7) is 5.54. The molecule has 106 valence electrons. The molecule has 0 fully saturated rings. The first-order chi connectivity index (χ1) is 9.69. The number of nitrogens with zero attached hydrogens (tertiary/aromatic N) is 2. The van der Waals surface area contributed by atoms with Gasteiger partial charge in [-0.25, -0.2) is 4.39 Å². The Bertz CT molecular complexity index is 558. The number of hydrogen-bond donors (Lipinski definition) is 1. The predicted octanol–water partition coefficient (Wildman–Crippen LogP) is 3.22. The monoisotopic (exact) mass is 275 g/mol. The smallest absolute Gasteiger partial charge is 0.238 e. The minimum Gasteiger partial charge on any atom is -0.437 e. The van der Waals surface area contributed by atoms with Crippen molar-refractivity contribution in [3.63, 3.8) is 0 Å². The van der Waals surface area contributed by atoms with E-state index in [4.69, 9.17) is 4.74 Å². The molecule has 0 aliphatic rings. The Labute approximate surface area is 118 Å². The van der Waals surface area contributed by atoms with Crippen molar-refractivity contribution in [3.8, 4) is 11.6 Å². The highest BCUT2D eigenvalue weighted by Gasteiger charge is 2.04. The van der Waals surface area contributed by atoms with E-state index in [1.165, 1.54) is 12.1 Å². The largest absolute Gasteiger partial charge is 0.437 e. The lowest BCUT2D eigenvalue weighted by Crippen LogP contribution is -2.15. The number of aryl methyl sites for hydroxylation is 1. The Morgan fingerprint density at radius 2 is 2.05 bits per heavy atom.